The van der Waals surface area contributed by atoms with Crippen LogP contribution in [0.25, 0.3) is 0 Å². The number of ether oxygens (including phenoxy) is 1. The number of hydrogen-bond donors (Lipinski definition) is 1. The lowest BCUT2D eigenvalue weighted by Gasteiger charge is -2.32. The second kappa shape index (κ2) is 8.43. The van der Waals surface area contributed by atoms with Crippen molar-refractivity contribution in [1.29, 1.82) is 0 Å². The lowest BCUT2D eigenvalue weighted by Crippen LogP contribution is -2.36. The smallest absolute Gasteiger partial charge is 0.123 e. The van der Waals surface area contributed by atoms with Crippen LogP contribution < -0.4 is 10.1 Å². The van der Waals surface area contributed by atoms with Gasteiger partial charge in [0.05, 0.1) is 7.11 Å². The Kier molecular flexibility index (Phi) is 6.56. The van der Waals surface area contributed by atoms with Gasteiger partial charge in [-0.3, -0.25) is 0 Å². The first kappa shape index (κ1) is 16.4. The topological polar surface area (TPSA) is 21.3 Å². The summed E-state index contributed by atoms with van der Waals surface area (Å²) >= 11 is 0. The number of rotatable bonds is 7. The van der Waals surface area contributed by atoms with Crippen LogP contribution in [0.2, 0.25) is 0 Å². The molecule has 1 fully saturated rings. The van der Waals surface area contributed by atoms with E-state index in [4.69, 9.17) is 4.74 Å². The molecule has 1 aliphatic rings. The molecule has 1 aromatic carbocycles. The Morgan fingerprint density at radius 1 is 1.14 bits per heavy atom. The maximum Gasteiger partial charge on any atom is 0.123 e. The largest absolute Gasteiger partial charge is 0.496 e. The first-order chi connectivity index (χ1) is 10.3. The zero-order valence-corrected chi connectivity index (χ0v) is 13.9. The van der Waals surface area contributed by atoms with Crippen LogP contribution in [-0.4, -0.2) is 13.2 Å². The lowest BCUT2D eigenvalue weighted by atomic mass is 9.83. The first-order valence-corrected chi connectivity index (χ1v) is 8.67. The van der Waals surface area contributed by atoms with E-state index in [1.54, 1.807) is 7.11 Å². The Bertz CT molecular complexity index is 410. The number of para-hydroxylation sites is 1. The van der Waals surface area contributed by atoms with E-state index in [9.17, 15) is 0 Å². The van der Waals surface area contributed by atoms with E-state index in [1.165, 1.54) is 44.1 Å². The highest BCUT2D eigenvalue weighted by molar-refractivity contribution is 5.35. The molecule has 1 N–H and O–H groups in total. The van der Waals surface area contributed by atoms with Crippen LogP contribution in [0.1, 0.15) is 70.4 Å². The summed E-state index contributed by atoms with van der Waals surface area (Å²) in [5.41, 5.74) is 1.30. The molecule has 21 heavy (non-hydrogen) atoms. The Morgan fingerprint density at radius 2 is 1.86 bits per heavy atom. The van der Waals surface area contributed by atoms with Crippen molar-refractivity contribution in [3.05, 3.63) is 29.8 Å². The van der Waals surface area contributed by atoms with E-state index in [2.05, 4.69) is 37.4 Å². The highest BCUT2D eigenvalue weighted by Gasteiger charge is 2.23. The van der Waals surface area contributed by atoms with Crippen molar-refractivity contribution in [2.24, 2.45) is 5.92 Å². The predicted octanol–water partition coefficient (Wildman–Crippen LogP) is 5.09. The summed E-state index contributed by atoms with van der Waals surface area (Å²) in [7, 11) is 1.77. The molecule has 0 amide bonds. The fourth-order valence-corrected chi connectivity index (χ4v) is 3.69. The third-order valence-electron chi connectivity index (χ3n) is 4.90. The molecule has 0 heterocycles. The molecule has 0 saturated heterocycles. The second-order valence-corrected chi connectivity index (χ2v) is 6.38. The minimum atomic E-state index is 0.411. The van der Waals surface area contributed by atoms with Gasteiger partial charge in [0.15, 0.2) is 0 Å². The summed E-state index contributed by atoms with van der Waals surface area (Å²) in [5.74, 6) is 1.98. The molecular formula is C19H31NO. The van der Waals surface area contributed by atoms with Gasteiger partial charge in [-0.15, -0.1) is 0 Å². The Morgan fingerprint density at radius 3 is 2.48 bits per heavy atom. The summed E-state index contributed by atoms with van der Waals surface area (Å²) in [5, 5.41) is 3.88. The van der Waals surface area contributed by atoms with E-state index < -0.39 is 0 Å². The van der Waals surface area contributed by atoms with E-state index in [0.717, 1.165) is 18.1 Å². The molecule has 1 unspecified atom stereocenters. The average Bonchev–Trinajstić information content (AvgIpc) is 2.54. The molecule has 2 nitrogen and oxygen atoms in total. The van der Waals surface area contributed by atoms with Gasteiger partial charge in [0, 0.05) is 17.6 Å². The number of benzene rings is 1. The molecule has 118 valence electrons. The zero-order chi connectivity index (χ0) is 15.1. The SMILES string of the molecule is CCCC1CCC(NC(CC)c2ccccc2OC)CC1. The van der Waals surface area contributed by atoms with E-state index in [1.807, 2.05) is 6.07 Å². The molecule has 1 aliphatic carbocycles. The van der Waals surface area contributed by atoms with Crippen LogP contribution in [0.15, 0.2) is 24.3 Å². The molecule has 2 heteroatoms. The van der Waals surface area contributed by atoms with Gasteiger partial charge in [0.25, 0.3) is 0 Å². The van der Waals surface area contributed by atoms with Crippen molar-refractivity contribution in [2.75, 3.05) is 7.11 Å². The Hall–Kier alpha value is -1.02. The molecule has 1 atom stereocenters. The summed E-state index contributed by atoms with van der Waals surface area (Å²) < 4.78 is 5.53. The third-order valence-corrected chi connectivity index (χ3v) is 4.90. The van der Waals surface area contributed by atoms with Gasteiger partial charge in [-0.1, -0.05) is 44.9 Å². The second-order valence-electron chi connectivity index (χ2n) is 6.38. The number of hydrogen-bond acceptors (Lipinski definition) is 2. The van der Waals surface area contributed by atoms with E-state index in [0.29, 0.717) is 12.1 Å². The standard InChI is InChI=1S/C19H31NO/c1-4-8-15-11-13-16(14-12-15)20-18(5-2)17-9-6-7-10-19(17)21-3/h6-7,9-10,15-16,18,20H,4-5,8,11-14H2,1-3H3. The van der Waals surface area contributed by atoms with Crippen molar-refractivity contribution in [1.82, 2.24) is 5.32 Å². The zero-order valence-electron chi connectivity index (χ0n) is 13.9. The lowest BCUT2D eigenvalue weighted by molar-refractivity contribution is 0.259. The molecule has 0 radical (unpaired) electrons. The van der Waals surface area contributed by atoms with Crippen molar-refractivity contribution in [3.63, 3.8) is 0 Å². The third kappa shape index (κ3) is 4.47. The summed E-state index contributed by atoms with van der Waals surface area (Å²) in [6.45, 7) is 4.56. The molecule has 0 spiro atoms. The Balaban J connectivity index is 1.94. The normalized spacial score (nSPS) is 23.8. The fourth-order valence-electron chi connectivity index (χ4n) is 3.69. The highest BCUT2D eigenvalue weighted by Crippen LogP contribution is 2.32. The summed E-state index contributed by atoms with van der Waals surface area (Å²) in [6.07, 6.45) is 9.31. The molecular weight excluding hydrogens is 258 g/mol. The van der Waals surface area contributed by atoms with Gasteiger partial charge in [-0.2, -0.15) is 0 Å². The van der Waals surface area contributed by atoms with Gasteiger partial charge < -0.3 is 10.1 Å². The summed E-state index contributed by atoms with van der Waals surface area (Å²) in [4.78, 5) is 0. The monoisotopic (exact) mass is 289 g/mol. The predicted molar refractivity (Wildman–Crippen MR) is 89.8 cm³/mol. The minimum Gasteiger partial charge on any atom is -0.496 e. The Labute approximate surface area is 130 Å². The summed E-state index contributed by atoms with van der Waals surface area (Å²) in [6, 6.07) is 9.51. The molecule has 0 aliphatic heterocycles. The first-order valence-electron chi connectivity index (χ1n) is 8.67. The average molecular weight is 289 g/mol. The van der Waals surface area contributed by atoms with Crippen LogP contribution in [0.3, 0.4) is 0 Å². The molecule has 1 saturated carbocycles. The maximum absolute atomic E-state index is 5.53. The molecule has 0 bridgehead atoms. The number of methoxy groups -OCH3 is 1. The molecule has 1 aromatic rings. The van der Waals surface area contributed by atoms with Gasteiger partial charge in [0.1, 0.15) is 5.75 Å². The highest BCUT2D eigenvalue weighted by atomic mass is 16.5. The van der Waals surface area contributed by atoms with Gasteiger partial charge in [0.2, 0.25) is 0 Å². The number of nitrogens with one attached hydrogen (secondary N) is 1. The van der Waals surface area contributed by atoms with Crippen molar-refractivity contribution in [2.45, 2.75) is 70.9 Å². The van der Waals surface area contributed by atoms with Crippen molar-refractivity contribution in [3.8, 4) is 5.75 Å². The minimum absolute atomic E-state index is 0.411. The van der Waals surface area contributed by atoms with Crippen molar-refractivity contribution >= 4 is 0 Å². The fraction of sp³-hybridized carbons (Fsp3) is 0.684. The van der Waals surface area contributed by atoms with Crippen LogP contribution >= 0.6 is 0 Å². The molecule has 0 aromatic heterocycles. The van der Waals surface area contributed by atoms with Gasteiger partial charge in [-0.05, 0) is 44.1 Å². The van der Waals surface area contributed by atoms with Crippen LogP contribution in [0.5, 0.6) is 5.75 Å². The van der Waals surface area contributed by atoms with E-state index in [-0.39, 0.29) is 0 Å². The quantitative estimate of drug-likeness (QED) is 0.754. The maximum atomic E-state index is 5.53. The molecule has 2 rings (SSSR count). The van der Waals surface area contributed by atoms with Crippen LogP contribution in [-0.2, 0) is 0 Å². The van der Waals surface area contributed by atoms with E-state index >= 15 is 0 Å². The van der Waals surface area contributed by atoms with Gasteiger partial charge >= 0.3 is 0 Å². The van der Waals surface area contributed by atoms with Crippen LogP contribution in [0.4, 0.5) is 0 Å². The van der Waals surface area contributed by atoms with Crippen LogP contribution in [0, 0.1) is 5.92 Å². The van der Waals surface area contributed by atoms with Gasteiger partial charge in [-0.25, -0.2) is 0 Å². The van der Waals surface area contributed by atoms with Crippen molar-refractivity contribution < 1.29 is 4.74 Å².